The van der Waals surface area contributed by atoms with Crippen LogP contribution in [0.1, 0.15) is 44.5 Å². The van der Waals surface area contributed by atoms with Gasteiger partial charge < -0.3 is 14.2 Å². The molecular formula is C18H24N4O2. The summed E-state index contributed by atoms with van der Waals surface area (Å²) in [5, 5.41) is 0. The van der Waals surface area contributed by atoms with E-state index in [9.17, 15) is 4.79 Å². The SMILES string of the molecule is CC(C)c1nccn1C1CCCN(C(=O)COc2cccnc2)C1. The van der Waals surface area contributed by atoms with Gasteiger partial charge in [0.2, 0.25) is 0 Å². The highest BCUT2D eigenvalue weighted by atomic mass is 16.5. The standard InChI is InChI=1S/C18H24N4O2/c1-14(2)18-20-8-10-22(18)15-5-4-9-21(12-15)17(23)13-24-16-6-3-7-19-11-16/h3,6-8,10-11,14-15H,4-5,9,12-13H2,1-2H3. The van der Waals surface area contributed by atoms with E-state index in [0.717, 1.165) is 25.2 Å². The molecule has 0 saturated carbocycles. The molecule has 3 rings (SSSR count). The monoisotopic (exact) mass is 328 g/mol. The largest absolute Gasteiger partial charge is 0.482 e. The summed E-state index contributed by atoms with van der Waals surface area (Å²) in [4.78, 5) is 22.8. The lowest BCUT2D eigenvalue weighted by Crippen LogP contribution is -2.43. The zero-order valence-corrected chi connectivity index (χ0v) is 14.3. The number of hydrogen-bond donors (Lipinski definition) is 0. The fourth-order valence-corrected chi connectivity index (χ4v) is 3.16. The lowest BCUT2D eigenvalue weighted by atomic mass is 10.0. The first-order valence-electron chi connectivity index (χ1n) is 8.48. The van der Waals surface area contributed by atoms with Gasteiger partial charge in [-0.05, 0) is 25.0 Å². The Kier molecular flexibility index (Phi) is 5.13. The van der Waals surface area contributed by atoms with Gasteiger partial charge in [-0.1, -0.05) is 13.8 Å². The van der Waals surface area contributed by atoms with Gasteiger partial charge in [-0.15, -0.1) is 0 Å². The number of piperidine rings is 1. The first-order chi connectivity index (χ1) is 11.6. The van der Waals surface area contributed by atoms with Crippen molar-refractivity contribution >= 4 is 5.91 Å². The van der Waals surface area contributed by atoms with E-state index < -0.39 is 0 Å². The van der Waals surface area contributed by atoms with E-state index in [1.165, 1.54) is 0 Å². The van der Waals surface area contributed by atoms with E-state index in [2.05, 4.69) is 28.4 Å². The van der Waals surface area contributed by atoms with Crippen molar-refractivity contribution < 1.29 is 9.53 Å². The Morgan fingerprint density at radius 1 is 1.42 bits per heavy atom. The number of ether oxygens (including phenoxy) is 1. The quantitative estimate of drug-likeness (QED) is 0.846. The Bertz CT molecular complexity index is 669. The number of pyridine rings is 1. The van der Waals surface area contributed by atoms with Gasteiger partial charge >= 0.3 is 0 Å². The number of rotatable bonds is 5. The zero-order chi connectivity index (χ0) is 16.9. The van der Waals surface area contributed by atoms with Crippen molar-refractivity contribution in [3.05, 3.63) is 42.7 Å². The van der Waals surface area contributed by atoms with Crippen LogP contribution in [-0.2, 0) is 4.79 Å². The second kappa shape index (κ2) is 7.47. The fourth-order valence-electron chi connectivity index (χ4n) is 3.16. The van der Waals surface area contributed by atoms with Crippen molar-refractivity contribution in [3.63, 3.8) is 0 Å². The molecule has 6 heteroatoms. The van der Waals surface area contributed by atoms with Crippen LogP contribution < -0.4 is 4.74 Å². The lowest BCUT2D eigenvalue weighted by molar-refractivity contribution is -0.135. The van der Waals surface area contributed by atoms with Gasteiger partial charge in [0.1, 0.15) is 11.6 Å². The maximum Gasteiger partial charge on any atom is 0.260 e. The topological polar surface area (TPSA) is 60.2 Å². The summed E-state index contributed by atoms with van der Waals surface area (Å²) >= 11 is 0. The first-order valence-corrected chi connectivity index (χ1v) is 8.48. The third kappa shape index (κ3) is 3.75. The molecule has 1 saturated heterocycles. The molecule has 128 valence electrons. The van der Waals surface area contributed by atoms with Crippen LogP contribution in [-0.4, -0.2) is 45.0 Å². The van der Waals surface area contributed by atoms with Gasteiger partial charge in [-0.25, -0.2) is 4.98 Å². The molecule has 1 unspecified atom stereocenters. The van der Waals surface area contributed by atoms with E-state index in [0.29, 0.717) is 24.3 Å². The van der Waals surface area contributed by atoms with Gasteiger partial charge in [0.25, 0.3) is 5.91 Å². The predicted molar refractivity (Wildman–Crippen MR) is 90.9 cm³/mol. The zero-order valence-electron chi connectivity index (χ0n) is 14.3. The number of aromatic nitrogens is 3. The molecule has 1 aliphatic heterocycles. The highest BCUT2D eigenvalue weighted by Gasteiger charge is 2.26. The molecule has 0 aromatic carbocycles. The van der Waals surface area contributed by atoms with E-state index in [1.807, 2.05) is 17.3 Å². The summed E-state index contributed by atoms with van der Waals surface area (Å²) in [6.45, 7) is 5.85. The Labute approximate surface area is 142 Å². The number of imidazole rings is 1. The molecule has 6 nitrogen and oxygen atoms in total. The lowest BCUT2D eigenvalue weighted by Gasteiger charge is -2.34. The van der Waals surface area contributed by atoms with Crippen LogP contribution in [0.2, 0.25) is 0 Å². The molecule has 0 spiro atoms. The molecule has 0 N–H and O–H groups in total. The number of hydrogen-bond acceptors (Lipinski definition) is 4. The van der Waals surface area contributed by atoms with Gasteiger partial charge in [0, 0.05) is 37.6 Å². The molecule has 3 heterocycles. The third-order valence-electron chi connectivity index (χ3n) is 4.35. The molecular weight excluding hydrogens is 304 g/mol. The van der Waals surface area contributed by atoms with Crippen molar-refractivity contribution in [1.82, 2.24) is 19.4 Å². The summed E-state index contributed by atoms with van der Waals surface area (Å²) < 4.78 is 7.76. The summed E-state index contributed by atoms with van der Waals surface area (Å²) in [6.07, 6.45) is 9.25. The summed E-state index contributed by atoms with van der Waals surface area (Å²) in [5.41, 5.74) is 0. The molecule has 0 aliphatic carbocycles. The van der Waals surface area contributed by atoms with Crippen LogP contribution >= 0.6 is 0 Å². The first kappa shape index (κ1) is 16.5. The van der Waals surface area contributed by atoms with E-state index in [4.69, 9.17) is 4.74 Å². The van der Waals surface area contributed by atoms with Crippen LogP contribution in [0.3, 0.4) is 0 Å². The van der Waals surface area contributed by atoms with E-state index >= 15 is 0 Å². The van der Waals surface area contributed by atoms with E-state index in [-0.39, 0.29) is 12.5 Å². The van der Waals surface area contributed by atoms with Crippen molar-refractivity contribution in [2.45, 2.75) is 38.6 Å². The second-order valence-corrected chi connectivity index (χ2v) is 6.46. The Hall–Kier alpha value is -2.37. The Morgan fingerprint density at radius 2 is 2.29 bits per heavy atom. The van der Waals surface area contributed by atoms with Crippen molar-refractivity contribution in [3.8, 4) is 5.75 Å². The minimum Gasteiger partial charge on any atom is -0.482 e. The van der Waals surface area contributed by atoms with Crippen molar-refractivity contribution in [1.29, 1.82) is 0 Å². The number of amides is 1. The third-order valence-corrected chi connectivity index (χ3v) is 4.35. The molecule has 1 fully saturated rings. The molecule has 1 amide bonds. The molecule has 2 aromatic rings. The summed E-state index contributed by atoms with van der Waals surface area (Å²) in [7, 11) is 0. The Morgan fingerprint density at radius 3 is 3.04 bits per heavy atom. The number of likely N-dealkylation sites (tertiary alicyclic amines) is 1. The Balaban J connectivity index is 1.60. The molecule has 24 heavy (non-hydrogen) atoms. The number of carbonyl (C=O) groups is 1. The molecule has 2 aromatic heterocycles. The number of carbonyl (C=O) groups excluding carboxylic acids is 1. The van der Waals surface area contributed by atoms with Gasteiger partial charge in [-0.2, -0.15) is 0 Å². The van der Waals surface area contributed by atoms with Crippen molar-refractivity contribution in [2.75, 3.05) is 19.7 Å². The fraction of sp³-hybridized carbons (Fsp3) is 0.500. The maximum atomic E-state index is 12.5. The highest BCUT2D eigenvalue weighted by Crippen LogP contribution is 2.25. The summed E-state index contributed by atoms with van der Waals surface area (Å²) in [6, 6.07) is 3.89. The minimum atomic E-state index is 0.0229. The smallest absolute Gasteiger partial charge is 0.260 e. The van der Waals surface area contributed by atoms with Crippen LogP contribution in [0.25, 0.3) is 0 Å². The maximum absolute atomic E-state index is 12.5. The van der Waals surface area contributed by atoms with Crippen LogP contribution in [0, 0.1) is 0 Å². The van der Waals surface area contributed by atoms with Gasteiger partial charge in [0.15, 0.2) is 6.61 Å². The van der Waals surface area contributed by atoms with Gasteiger partial charge in [0.05, 0.1) is 12.2 Å². The average Bonchev–Trinajstić information content (AvgIpc) is 3.11. The molecule has 1 atom stereocenters. The molecule has 0 radical (unpaired) electrons. The van der Waals surface area contributed by atoms with Crippen LogP contribution in [0.5, 0.6) is 5.75 Å². The molecule has 1 aliphatic rings. The summed E-state index contributed by atoms with van der Waals surface area (Å²) in [5.74, 6) is 2.10. The number of nitrogens with zero attached hydrogens (tertiary/aromatic N) is 4. The average molecular weight is 328 g/mol. The normalized spacial score (nSPS) is 18.0. The highest BCUT2D eigenvalue weighted by molar-refractivity contribution is 5.77. The van der Waals surface area contributed by atoms with E-state index in [1.54, 1.807) is 24.5 Å². The predicted octanol–water partition coefficient (Wildman–Crippen LogP) is 2.64. The van der Waals surface area contributed by atoms with Crippen LogP contribution in [0.15, 0.2) is 36.9 Å². The van der Waals surface area contributed by atoms with Crippen molar-refractivity contribution in [2.24, 2.45) is 0 Å². The van der Waals surface area contributed by atoms with Crippen LogP contribution in [0.4, 0.5) is 0 Å². The minimum absolute atomic E-state index is 0.0229. The second-order valence-electron chi connectivity index (χ2n) is 6.46. The van der Waals surface area contributed by atoms with Gasteiger partial charge in [-0.3, -0.25) is 9.78 Å². The molecule has 0 bridgehead atoms.